The van der Waals surface area contributed by atoms with Crippen molar-refractivity contribution >= 4 is 23.2 Å². The molecule has 0 radical (unpaired) electrons. The minimum Gasteiger partial charge on any atom is -0.493 e. The number of hydrogen-bond acceptors (Lipinski definition) is 2. The summed E-state index contributed by atoms with van der Waals surface area (Å²) in [7, 11) is 0. The first kappa shape index (κ1) is 16.1. The summed E-state index contributed by atoms with van der Waals surface area (Å²) in [5.74, 6) is 0.830. The minimum absolute atomic E-state index is 0.575. The van der Waals surface area contributed by atoms with Gasteiger partial charge in [0.25, 0.3) is 0 Å². The number of hydrogen-bond donors (Lipinski definition) is 0. The van der Waals surface area contributed by atoms with E-state index < -0.39 is 0 Å². The highest BCUT2D eigenvalue weighted by molar-refractivity contribution is 6.42. The van der Waals surface area contributed by atoms with Crippen LogP contribution in [0.2, 0.25) is 10.0 Å². The number of rotatable bonds is 8. The van der Waals surface area contributed by atoms with Gasteiger partial charge in [-0.3, -0.25) is 0 Å². The lowest BCUT2D eigenvalue weighted by molar-refractivity contribution is 0.302. The fourth-order valence-corrected chi connectivity index (χ4v) is 2.29. The lowest BCUT2D eigenvalue weighted by Gasteiger charge is -2.13. The maximum atomic E-state index is 8.44. The fraction of sp³-hybridized carbons (Fsp3) is 0.533. The van der Waals surface area contributed by atoms with Gasteiger partial charge < -0.3 is 4.74 Å². The molecule has 1 aromatic rings. The summed E-state index contributed by atoms with van der Waals surface area (Å²) in [5.41, 5.74) is 0.994. The second kappa shape index (κ2) is 9.07. The van der Waals surface area contributed by atoms with Gasteiger partial charge in [0, 0.05) is 12.0 Å². The van der Waals surface area contributed by atoms with Gasteiger partial charge in [-0.15, -0.1) is 0 Å². The first-order valence-electron chi connectivity index (χ1n) is 6.67. The van der Waals surface area contributed by atoms with Crippen LogP contribution in [-0.2, 0) is 6.42 Å². The summed E-state index contributed by atoms with van der Waals surface area (Å²) in [6.45, 7) is 2.75. The zero-order valence-corrected chi connectivity index (χ0v) is 12.7. The second-order valence-electron chi connectivity index (χ2n) is 4.41. The lowest BCUT2D eigenvalue weighted by Crippen LogP contribution is -2.01. The Kier molecular flexibility index (Phi) is 7.70. The summed E-state index contributed by atoms with van der Waals surface area (Å²) in [6, 6.07) is 5.80. The van der Waals surface area contributed by atoms with Crippen molar-refractivity contribution in [3.05, 3.63) is 27.7 Å². The molecule has 0 saturated heterocycles. The largest absolute Gasteiger partial charge is 0.493 e. The van der Waals surface area contributed by atoms with Gasteiger partial charge in [0.2, 0.25) is 0 Å². The average Bonchev–Trinajstić information content (AvgIpc) is 2.41. The van der Waals surface area contributed by atoms with Crippen LogP contribution in [0.15, 0.2) is 12.1 Å². The van der Waals surface area contributed by atoms with Gasteiger partial charge in [0.15, 0.2) is 0 Å². The number of benzene rings is 1. The van der Waals surface area contributed by atoms with Crippen LogP contribution in [-0.4, -0.2) is 6.61 Å². The molecular weight excluding hydrogens is 281 g/mol. The zero-order chi connectivity index (χ0) is 14.1. The molecule has 0 heterocycles. The van der Waals surface area contributed by atoms with Crippen LogP contribution in [0.1, 0.15) is 44.6 Å². The number of unbranched alkanes of at least 4 members (excludes halogenated alkanes) is 3. The van der Waals surface area contributed by atoms with Crippen molar-refractivity contribution in [1.82, 2.24) is 0 Å². The van der Waals surface area contributed by atoms with Crippen LogP contribution < -0.4 is 4.74 Å². The van der Waals surface area contributed by atoms with Gasteiger partial charge in [-0.25, -0.2) is 0 Å². The van der Waals surface area contributed by atoms with Crippen molar-refractivity contribution in [2.24, 2.45) is 0 Å². The monoisotopic (exact) mass is 299 g/mol. The number of nitrogens with zero attached hydrogens (tertiary/aromatic N) is 1. The minimum atomic E-state index is 0.575. The second-order valence-corrected chi connectivity index (χ2v) is 5.19. The lowest BCUT2D eigenvalue weighted by atomic mass is 10.1. The molecule has 0 aliphatic heterocycles. The topological polar surface area (TPSA) is 33.0 Å². The Morgan fingerprint density at radius 3 is 2.68 bits per heavy atom. The quantitative estimate of drug-likeness (QED) is 0.601. The highest BCUT2D eigenvalue weighted by Crippen LogP contribution is 2.34. The molecule has 1 rings (SSSR count). The third kappa shape index (κ3) is 5.30. The van der Waals surface area contributed by atoms with Crippen molar-refractivity contribution in [2.75, 3.05) is 6.61 Å². The number of halogens is 2. The van der Waals surface area contributed by atoms with Crippen molar-refractivity contribution in [2.45, 2.75) is 45.4 Å². The van der Waals surface area contributed by atoms with E-state index in [1.54, 1.807) is 6.07 Å². The van der Waals surface area contributed by atoms with Crippen molar-refractivity contribution < 1.29 is 4.74 Å². The fourth-order valence-electron chi connectivity index (χ4n) is 1.86. The maximum absolute atomic E-state index is 8.44. The molecule has 0 aliphatic rings. The van der Waals surface area contributed by atoms with E-state index >= 15 is 0 Å². The van der Waals surface area contributed by atoms with Gasteiger partial charge in [0.1, 0.15) is 5.75 Å². The molecule has 0 atom stereocenters. The molecule has 0 aromatic heterocycles. The normalized spacial score (nSPS) is 10.2. The van der Waals surface area contributed by atoms with E-state index in [-0.39, 0.29) is 0 Å². The molecule has 0 bridgehead atoms. The predicted molar refractivity (Wildman–Crippen MR) is 80.0 cm³/mol. The summed E-state index contributed by atoms with van der Waals surface area (Å²) < 4.78 is 5.78. The highest BCUT2D eigenvalue weighted by atomic mass is 35.5. The molecule has 19 heavy (non-hydrogen) atoms. The third-order valence-corrected chi connectivity index (χ3v) is 3.69. The van der Waals surface area contributed by atoms with E-state index in [0.29, 0.717) is 23.1 Å². The first-order chi connectivity index (χ1) is 9.20. The summed E-state index contributed by atoms with van der Waals surface area (Å²) in [6.07, 6.45) is 5.38. The summed E-state index contributed by atoms with van der Waals surface area (Å²) >= 11 is 12.2. The van der Waals surface area contributed by atoms with Gasteiger partial charge in [-0.05, 0) is 37.8 Å². The number of ether oxygens (including phenoxy) is 1. The van der Waals surface area contributed by atoms with E-state index in [4.69, 9.17) is 33.2 Å². The molecule has 2 nitrogen and oxygen atoms in total. The molecular formula is C15H19Cl2NO. The maximum Gasteiger partial charge on any atom is 0.124 e. The Morgan fingerprint density at radius 2 is 2.00 bits per heavy atom. The first-order valence-corrected chi connectivity index (χ1v) is 7.43. The van der Waals surface area contributed by atoms with Crippen LogP contribution >= 0.6 is 23.2 Å². The Labute approximate surface area is 125 Å². The smallest absolute Gasteiger partial charge is 0.124 e. The van der Waals surface area contributed by atoms with Crippen molar-refractivity contribution in [3.63, 3.8) is 0 Å². The van der Waals surface area contributed by atoms with Crippen LogP contribution in [0.25, 0.3) is 0 Å². The van der Waals surface area contributed by atoms with Gasteiger partial charge in [-0.1, -0.05) is 36.5 Å². The third-order valence-electron chi connectivity index (χ3n) is 2.84. The van der Waals surface area contributed by atoms with Crippen LogP contribution in [0, 0.1) is 11.3 Å². The highest BCUT2D eigenvalue weighted by Gasteiger charge is 2.11. The van der Waals surface area contributed by atoms with E-state index in [9.17, 15) is 0 Å². The molecule has 0 aliphatic carbocycles. The molecule has 4 heteroatoms. The predicted octanol–water partition coefficient (Wildman–Crippen LogP) is 5.41. The molecule has 1 aromatic carbocycles. The Bertz CT molecular complexity index is 441. The molecule has 0 fully saturated rings. The van der Waals surface area contributed by atoms with Crippen molar-refractivity contribution in [1.29, 1.82) is 5.26 Å². The number of nitriles is 1. The van der Waals surface area contributed by atoms with Crippen LogP contribution in [0.4, 0.5) is 0 Å². The van der Waals surface area contributed by atoms with E-state index in [2.05, 4.69) is 13.0 Å². The van der Waals surface area contributed by atoms with Gasteiger partial charge >= 0.3 is 0 Å². The molecule has 0 spiro atoms. The van der Waals surface area contributed by atoms with E-state index in [1.165, 1.54) is 0 Å². The Hall–Kier alpha value is -0.910. The molecule has 0 N–H and O–H groups in total. The SMILES string of the molecule is CCCc1c(OCCCCCC#N)ccc(Cl)c1Cl. The summed E-state index contributed by atoms with van der Waals surface area (Å²) in [5, 5.41) is 9.62. The van der Waals surface area contributed by atoms with Gasteiger partial charge in [0.05, 0.1) is 22.7 Å². The standard InChI is InChI=1S/C15H19Cl2NO/c1-2-7-12-14(9-8-13(16)15(12)17)19-11-6-4-3-5-10-18/h8-9H,2-7,11H2,1H3. The average molecular weight is 300 g/mol. The Balaban J connectivity index is 2.53. The van der Waals surface area contributed by atoms with Crippen LogP contribution in [0.3, 0.4) is 0 Å². The molecule has 104 valence electrons. The molecule has 0 amide bonds. The van der Waals surface area contributed by atoms with Gasteiger partial charge in [-0.2, -0.15) is 5.26 Å². The summed E-state index contributed by atoms with van der Waals surface area (Å²) in [4.78, 5) is 0. The van der Waals surface area contributed by atoms with Crippen molar-refractivity contribution in [3.8, 4) is 11.8 Å². The van der Waals surface area contributed by atoms with E-state index in [1.807, 2.05) is 6.07 Å². The Morgan fingerprint density at radius 1 is 1.21 bits per heavy atom. The van der Waals surface area contributed by atoms with E-state index in [0.717, 1.165) is 43.4 Å². The molecule has 0 saturated carbocycles. The zero-order valence-electron chi connectivity index (χ0n) is 11.2. The van der Waals surface area contributed by atoms with Crippen LogP contribution in [0.5, 0.6) is 5.75 Å². The molecule has 0 unspecified atom stereocenters.